The van der Waals surface area contributed by atoms with Crippen molar-refractivity contribution in [3.05, 3.63) is 64.9 Å². The van der Waals surface area contributed by atoms with Crippen molar-refractivity contribution >= 4 is 34.0 Å². The van der Waals surface area contributed by atoms with Gasteiger partial charge in [-0.2, -0.15) is 0 Å². The van der Waals surface area contributed by atoms with Crippen LogP contribution >= 0.6 is 11.3 Å². The number of carbonyl (C=O) groups is 1. The van der Waals surface area contributed by atoms with Crippen molar-refractivity contribution in [2.45, 2.75) is 25.8 Å². The molecule has 1 aliphatic rings. The molecule has 1 aromatic carbocycles. The van der Waals surface area contributed by atoms with Gasteiger partial charge >= 0.3 is 0 Å². The summed E-state index contributed by atoms with van der Waals surface area (Å²) in [6, 6.07) is 12.1. The van der Waals surface area contributed by atoms with Crippen molar-refractivity contribution in [1.82, 2.24) is 25.3 Å². The number of rotatable bonds is 4. The van der Waals surface area contributed by atoms with Gasteiger partial charge in [0.25, 0.3) is 5.91 Å². The SMILES string of the molecule is Cc1ncsc1C(=O)NC1CCN(c2nc(-c3cccnc3)nc3ccccc23)CC1. The number of nitrogens with zero attached hydrogens (tertiary/aromatic N) is 5. The molecule has 4 heterocycles. The Morgan fingerprint density at radius 1 is 1.13 bits per heavy atom. The molecule has 0 radical (unpaired) electrons. The van der Waals surface area contributed by atoms with Crippen LogP contribution in [-0.4, -0.2) is 45.0 Å². The fourth-order valence-corrected chi connectivity index (χ4v) is 4.64. The summed E-state index contributed by atoms with van der Waals surface area (Å²) in [5, 5.41) is 4.21. The van der Waals surface area contributed by atoms with Gasteiger partial charge in [-0.05, 0) is 44.0 Å². The van der Waals surface area contributed by atoms with Crippen molar-refractivity contribution in [3.8, 4) is 11.4 Å². The molecule has 1 aliphatic heterocycles. The van der Waals surface area contributed by atoms with Crippen LogP contribution in [0.15, 0.2) is 54.3 Å². The lowest BCUT2D eigenvalue weighted by Crippen LogP contribution is -2.45. The third kappa shape index (κ3) is 3.98. The van der Waals surface area contributed by atoms with Gasteiger partial charge in [-0.25, -0.2) is 15.0 Å². The summed E-state index contributed by atoms with van der Waals surface area (Å²) < 4.78 is 0. The molecule has 1 N–H and O–H groups in total. The number of hydrogen-bond acceptors (Lipinski definition) is 7. The van der Waals surface area contributed by atoms with Crippen LogP contribution in [0.25, 0.3) is 22.3 Å². The molecule has 1 fully saturated rings. The van der Waals surface area contributed by atoms with E-state index in [-0.39, 0.29) is 11.9 Å². The number of piperidine rings is 1. The maximum atomic E-state index is 12.5. The first-order valence-electron chi connectivity index (χ1n) is 10.3. The summed E-state index contributed by atoms with van der Waals surface area (Å²) in [5.74, 6) is 1.59. The van der Waals surface area contributed by atoms with Crippen LogP contribution in [0.1, 0.15) is 28.2 Å². The van der Waals surface area contributed by atoms with Crippen LogP contribution in [0.5, 0.6) is 0 Å². The van der Waals surface area contributed by atoms with Gasteiger partial charge in [0, 0.05) is 42.5 Å². The molecule has 0 atom stereocenters. The number of amides is 1. The van der Waals surface area contributed by atoms with E-state index >= 15 is 0 Å². The zero-order chi connectivity index (χ0) is 21.2. The molecule has 1 amide bonds. The Bertz CT molecular complexity index is 1220. The lowest BCUT2D eigenvalue weighted by atomic mass is 10.0. The van der Waals surface area contributed by atoms with Gasteiger partial charge in [0.05, 0.1) is 16.7 Å². The number of fused-ring (bicyclic) bond motifs is 1. The normalized spacial score (nSPS) is 14.7. The molecular formula is C23H22N6OS. The number of nitrogens with one attached hydrogen (secondary N) is 1. The number of hydrogen-bond donors (Lipinski definition) is 1. The van der Waals surface area contributed by atoms with Crippen molar-refractivity contribution in [3.63, 3.8) is 0 Å². The predicted molar refractivity (Wildman–Crippen MR) is 122 cm³/mol. The quantitative estimate of drug-likeness (QED) is 0.529. The van der Waals surface area contributed by atoms with Gasteiger partial charge < -0.3 is 10.2 Å². The molecule has 5 rings (SSSR count). The summed E-state index contributed by atoms with van der Waals surface area (Å²) in [7, 11) is 0. The predicted octanol–water partition coefficient (Wildman–Crippen LogP) is 3.86. The number of thiazole rings is 1. The van der Waals surface area contributed by atoms with Crippen LogP contribution in [-0.2, 0) is 0 Å². The Balaban J connectivity index is 1.37. The van der Waals surface area contributed by atoms with Crippen molar-refractivity contribution in [2.75, 3.05) is 18.0 Å². The number of aromatic nitrogens is 4. The molecule has 0 saturated carbocycles. The van der Waals surface area contributed by atoms with Crippen LogP contribution < -0.4 is 10.2 Å². The molecule has 0 unspecified atom stereocenters. The molecule has 3 aromatic heterocycles. The third-order valence-corrected chi connectivity index (χ3v) is 6.51. The zero-order valence-corrected chi connectivity index (χ0v) is 18.0. The van der Waals surface area contributed by atoms with E-state index in [4.69, 9.17) is 9.97 Å². The number of anilines is 1. The second-order valence-electron chi connectivity index (χ2n) is 7.63. The fourth-order valence-electron chi connectivity index (χ4n) is 3.93. The molecule has 1 saturated heterocycles. The second-order valence-corrected chi connectivity index (χ2v) is 8.49. The molecule has 156 valence electrons. The molecule has 0 aliphatic carbocycles. The highest BCUT2D eigenvalue weighted by atomic mass is 32.1. The van der Waals surface area contributed by atoms with E-state index in [1.165, 1.54) is 11.3 Å². The average Bonchev–Trinajstić information content (AvgIpc) is 3.25. The summed E-state index contributed by atoms with van der Waals surface area (Å²) in [6.45, 7) is 3.51. The first-order valence-corrected chi connectivity index (χ1v) is 11.2. The number of carbonyl (C=O) groups excluding carboxylic acids is 1. The number of benzene rings is 1. The van der Waals surface area contributed by atoms with Gasteiger partial charge in [0.1, 0.15) is 10.7 Å². The number of pyridine rings is 1. The molecule has 7 nitrogen and oxygen atoms in total. The highest BCUT2D eigenvalue weighted by Crippen LogP contribution is 2.29. The van der Waals surface area contributed by atoms with Gasteiger partial charge in [-0.1, -0.05) is 12.1 Å². The minimum atomic E-state index is -0.0233. The third-order valence-electron chi connectivity index (χ3n) is 5.58. The van der Waals surface area contributed by atoms with Gasteiger partial charge in [-0.15, -0.1) is 11.3 Å². The monoisotopic (exact) mass is 430 g/mol. The fraction of sp³-hybridized carbons (Fsp3) is 0.261. The first-order chi connectivity index (χ1) is 15.2. The van der Waals surface area contributed by atoms with E-state index in [2.05, 4.69) is 26.3 Å². The van der Waals surface area contributed by atoms with Crippen LogP contribution in [0.4, 0.5) is 5.82 Å². The van der Waals surface area contributed by atoms with Crippen LogP contribution in [0.3, 0.4) is 0 Å². The van der Waals surface area contributed by atoms with Gasteiger partial charge in [0.2, 0.25) is 0 Å². The van der Waals surface area contributed by atoms with Crippen molar-refractivity contribution in [1.29, 1.82) is 0 Å². The molecule has 0 bridgehead atoms. The lowest BCUT2D eigenvalue weighted by molar-refractivity contribution is 0.0934. The van der Waals surface area contributed by atoms with E-state index in [9.17, 15) is 4.79 Å². The molecule has 31 heavy (non-hydrogen) atoms. The summed E-state index contributed by atoms with van der Waals surface area (Å²) >= 11 is 1.39. The standard InChI is InChI=1S/C23H22N6OS/c1-15-20(31-14-25-15)23(30)26-17-8-11-29(12-9-17)22-18-6-2-3-7-19(18)27-21(28-22)16-5-4-10-24-13-16/h2-7,10,13-14,17H,8-9,11-12H2,1H3,(H,26,30). The smallest absolute Gasteiger partial charge is 0.263 e. The Kier molecular flexibility index (Phi) is 5.30. The Morgan fingerprint density at radius 3 is 2.71 bits per heavy atom. The van der Waals surface area contributed by atoms with Crippen LogP contribution in [0, 0.1) is 6.92 Å². The van der Waals surface area contributed by atoms with E-state index in [1.54, 1.807) is 17.9 Å². The Hall–Kier alpha value is -3.39. The maximum absolute atomic E-state index is 12.5. The van der Waals surface area contributed by atoms with E-state index in [0.717, 1.165) is 53.9 Å². The van der Waals surface area contributed by atoms with Crippen molar-refractivity contribution in [2.24, 2.45) is 0 Å². The maximum Gasteiger partial charge on any atom is 0.263 e. The van der Waals surface area contributed by atoms with Crippen LogP contribution in [0.2, 0.25) is 0 Å². The largest absolute Gasteiger partial charge is 0.356 e. The van der Waals surface area contributed by atoms with Gasteiger partial charge in [-0.3, -0.25) is 9.78 Å². The van der Waals surface area contributed by atoms with E-state index in [0.29, 0.717) is 10.7 Å². The van der Waals surface area contributed by atoms with Crippen molar-refractivity contribution < 1.29 is 4.79 Å². The summed E-state index contributed by atoms with van der Waals surface area (Å²) in [6.07, 6.45) is 5.27. The van der Waals surface area contributed by atoms with E-state index in [1.807, 2.05) is 37.3 Å². The summed E-state index contributed by atoms with van der Waals surface area (Å²) in [4.78, 5) is 33.6. The minimum absolute atomic E-state index is 0.0233. The topological polar surface area (TPSA) is 83.9 Å². The molecule has 4 aromatic rings. The van der Waals surface area contributed by atoms with E-state index < -0.39 is 0 Å². The Morgan fingerprint density at radius 2 is 1.97 bits per heavy atom. The highest BCUT2D eigenvalue weighted by Gasteiger charge is 2.25. The molecular weight excluding hydrogens is 408 g/mol. The highest BCUT2D eigenvalue weighted by molar-refractivity contribution is 7.11. The zero-order valence-electron chi connectivity index (χ0n) is 17.2. The minimum Gasteiger partial charge on any atom is -0.356 e. The van der Waals surface area contributed by atoms with Gasteiger partial charge in [0.15, 0.2) is 5.82 Å². The second kappa shape index (κ2) is 8.39. The first kappa shape index (κ1) is 19.6. The summed E-state index contributed by atoms with van der Waals surface area (Å²) in [5.41, 5.74) is 4.32. The lowest BCUT2D eigenvalue weighted by Gasteiger charge is -2.33. The molecule has 8 heteroatoms. The number of aryl methyl sites for hydroxylation is 1. The number of para-hydroxylation sites is 1. The Labute approximate surface area is 184 Å². The average molecular weight is 431 g/mol. The molecule has 0 spiro atoms.